The number of aryl methyl sites for hydroxylation is 1. The first kappa shape index (κ1) is 14.3. The quantitative estimate of drug-likeness (QED) is 0.852. The Balaban J connectivity index is 1.97. The van der Waals surface area contributed by atoms with Gasteiger partial charge in [-0.3, -0.25) is 0 Å². The Morgan fingerprint density at radius 1 is 1.50 bits per heavy atom. The van der Waals surface area contributed by atoms with E-state index in [2.05, 4.69) is 44.5 Å². The monoisotopic (exact) mass is 299 g/mol. The normalized spacial score (nSPS) is 37.4. The first-order chi connectivity index (χ1) is 10.5. The van der Waals surface area contributed by atoms with E-state index in [1.807, 2.05) is 0 Å². The highest BCUT2D eigenvalue weighted by Gasteiger charge is 2.61. The van der Waals surface area contributed by atoms with Crippen molar-refractivity contribution in [3.63, 3.8) is 0 Å². The molecule has 1 aromatic carbocycles. The van der Waals surface area contributed by atoms with Crippen molar-refractivity contribution >= 4 is 0 Å². The minimum Gasteiger partial charge on any atom is -0.486 e. The van der Waals surface area contributed by atoms with Gasteiger partial charge in [-0.2, -0.15) is 0 Å². The first-order valence-electron chi connectivity index (χ1n) is 8.31. The van der Waals surface area contributed by atoms with Gasteiger partial charge < -0.3 is 14.7 Å². The number of rotatable bonds is 2. The molecule has 22 heavy (non-hydrogen) atoms. The third-order valence-corrected chi connectivity index (χ3v) is 6.47. The van der Waals surface area contributed by atoms with Crippen molar-refractivity contribution in [2.24, 2.45) is 5.92 Å². The number of aliphatic hydroxyl groups excluding tert-OH is 1. The Morgan fingerprint density at radius 3 is 3.00 bits per heavy atom. The number of nitrogens with zero attached hydrogens (tertiary/aromatic N) is 1. The highest BCUT2D eigenvalue weighted by atomic mass is 16.5. The predicted molar refractivity (Wildman–Crippen MR) is 87.4 cm³/mol. The van der Waals surface area contributed by atoms with E-state index in [1.54, 1.807) is 6.08 Å². The van der Waals surface area contributed by atoms with Crippen LogP contribution in [0.25, 0.3) is 0 Å². The molecule has 4 unspecified atom stereocenters. The molecular weight excluding hydrogens is 274 g/mol. The second kappa shape index (κ2) is 4.59. The summed E-state index contributed by atoms with van der Waals surface area (Å²) in [7, 11) is 2.23. The minimum atomic E-state index is -0.621. The Labute approximate surface area is 132 Å². The number of piperidine rings is 1. The van der Waals surface area contributed by atoms with E-state index in [4.69, 9.17) is 4.74 Å². The van der Waals surface area contributed by atoms with E-state index in [1.165, 1.54) is 16.7 Å². The molecule has 5 atom stereocenters. The Kier molecular flexibility index (Phi) is 2.98. The summed E-state index contributed by atoms with van der Waals surface area (Å²) in [6, 6.07) is 4.96. The molecule has 0 radical (unpaired) electrons. The molecule has 118 valence electrons. The summed E-state index contributed by atoms with van der Waals surface area (Å²) in [4.78, 5) is 2.48. The Morgan fingerprint density at radius 2 is 2.27 bits per heavy atom. The molecule has 1 saturated heterocycles. The Hall–Kier alpha value is -1.32. The molecule has 4 rings (SSSR count). The summed E-state index contributed by atoms with van der Waals surface area (Å²) in [6.45, 7) is 9.31. The molecule has 2 aliphatic heterocycles. The summed E-state index contributed by atoms with van der Waals surface area (Å²) in [5.41, 5.74) is 3.91. The fraction of sp³-hybridized carbons (Fsp3) is 0.579. The number of hydrogen-bond acceptors (Lipinski definition) is 3. The molecular formula is C19H25NO2. The van der Waals surface area contributed by atoms with Crippen molar-refractivity contribution in [3.8, 4) is 5.75 Å². The van der Waals surface area contributed by atoms with Gasteiger partial charge in [0.2, 0.25) is 0 Å². The third-order valence-electron chi connectivity index (χ3n) is 6.47. The molecule has 2 bridgehead atoms. The maximum atomic E-state index is 10.6. The van der Waals surface area contributed by atoms with E-state index >= 15 is 0 Å². The lowest BCUT2D eigenvalue weighted by molar-refractivity contribution is -0.0443. The van der Waals surface area contributed by atoms with Crippen molar-refractivity contribution in [1.82, 2.24) is 4.90 Å². The van der Waals surface area contributed by atoms with Crippen molar-refractivity contribution in [2.75, 3.05) is 13.6 Å². The van der Waals surface area contributed by atoms with Crippen LogP contribution in [0.1, 0.15) is 30.0 Å². The number of fused-ring (bicyclic) bond motifs is 1. The molecule has 1 aliphatic carbocycles. The molecule has 0 saturated carbocycles. The van der Waals surface area contributed by atoms with Crippen LogP contribution in [-0.2, 0) is 11.8 Å². The van der Waals surface area contributed by atoms with Gasteiger partial charge in [-0.15, -0.1) is 6.58 Å². The highest BCUT2D eigenvalue weighted by molar-refractivity contribution is 5.57. The largest absolute Gasteiger partial charge is 0.486 e. The minimum absolute atomic E-state index is 0.0697. The van der Waals surface area contributed by atoms with Gasteiger partial charge in [0.15, 0.2) is 0 Å². The van der Waals surface area contributed by atoms with E-state index in [0.717, 1.165) is 25.1 Å². The van der Waals surface area contributed by atoms with Crippen molar-refractivity contribution in [2.45, 2.75) is 50.4 Å². The fourth-order valence-corrected chi connectivity index (χ4v) is 5.22. The summed E-state index contributed by atoms with van der Waals surface area (Å²) in [5, 5.41) is 10.6. The van der Waals surface area contributed by atoms with Crippen LogP contribution in [0.5, 0.6) is 5.75 Å². The van der Waals surface area contributed by atoms with Crippen LogP contribution in [0, 0.1) is 12.8 Å². The van der Waals surface area contributed by atoms with Crippen LogP contribution >= 0.6 is 0 Å². The average molecular weight is 299 g/mol. The molecule has 1 aromatic rings. The highest BCUT2D eigenvalue weighted by Crippen LogP contribution is 2.59. The molecule has 0 amide bonds. The number of aliphatic hydroxyl groups is 1. The topological polar surface area (TPSA) is 32.7 Å². The number of likely N-dealkylation sites (N-methyl/N-ethyl adjacent to an activating group) is 1. The van der Waals surface area contributed by atoms with Gasteiger partial charge in [0, 0.05) is 17.0 Å². The van der Waals surface area contributed by atoms with Crippen LogP contribution in [0.2, 0.25) is 0 Å². The van der Waals surface area contributed by atoms with Crippen molar-refractivity contribution in [3.05, 3.63) is 41.5 Å². The maximum Gasteiger partial charge on any atom is 0.138 e. The number of likely N-dealkylation sites (tertiary alicyclic amines) is 1. The smallest absolute Gasteiger partial charge is 0.138 e. The number of ether oxygens (including phenoxy) is 1. The maximum absolute atomic E-state index is 10.6. The third kappa shape index (κ3) is 1.53. The van der Waals surface area contributed by atoms with Crippen LogP contribution in [0.15, 0.2) is 24.8 Å². The molecule has 3 nitrogen and oxygen atoms in total. The summed E-state index contributed by atoms with van der Waals surface area (Å²) in [6.07, 6.45) is 2.94. The molecule has 2 heterocycles. The van der Waals surface area contributed by atoms with Gasteiger partial charge in [0.1, 0.15) is 18.0 Å². The molecule has 0 aromatic heterocycles. The number of benzene rings is 1. The molecule has 1 fully saturated rings. The molecule has 1 spiro atoms. The van der Waals surface area contributed by atoms with Gasteiger partial charge >= 0.3 is 0 Å². The van der Waals surface area contributed by atoms with Gasteiger partial charge in [-0.05, 0) is 50.4 Å². The lowest BCUT2D eigenvalue weighted by Gasteiger charge is -2.54. The summed E-state index contributed by atoms with van der Waals surface area (Å²) in [5.74, 6) is 1.50. The van der Waals surface area contributed by atoms with E-state index in [9.17, 15) is 5.11 Å². The van der Waals surface area contributed by atoms with Gasteiger partial charge in [0.05, 0.1) is 0 Å². The molecule has 1 N–H and O–H groups in total. The zero-order chi connectivity index (χ0) is 15.6. The van der Waals surface area contributed by atoms with Crippen molar-refractivity contribution in [1.29, 1.82) is 0 Å². The van der Waals surface area contributed by atoms with Gasteiger partial charge in [-0.1, -0.05) is 25.1 Å². The van der Waals surface area contributed by atoms with E-state index in [0.29, 0.717) is 12.0 Å². The van der Waals surface area contributed by atoms with E-state index < -0.39 is 6.10 Å². The molecule has 3 heteroatoms. The SMILES string of the molecule is C=CC(O)C1Oc2c(C)ccc3c2C12CCN(C)C(C3)[C@@H]2C. The Bertz CT molecular complexity index is 641. The number of hydrogen-bond donors (Lipinski definition) is 1. The van der Waals surface area contributed by atoms with E-state index in [-0.39, 0.29) is 11.5 Å². The predicted octanol–water partition coefficient (Wildman–Crippen LogP) is 2.44. The average Bonchev–Trinajstić information content (AvgIpc) is 2.86. The second-order valence-corrected chi connectivity index (χ2v) is 7.34. The summed E-state index contributed by atoms with van der Waals surface area (Å²) < 4.78 is 6.36. The standard InChI is InChI=1S/C19H25NO2/c1-5-15(21)18-19-8-9-20(4)14(12(19)3)10-13-7-6-11(2)17(22-18)16(13)19/h5-7,12,14-15,18,21H,1,8-10H2,2-4H3/t12-,14?,15?,18?,19?/m0/s1. The fourth-order valence-electron chi connectivity index (χ4n) is 5.22. The lowest BCUT2D eigenvalue weighted by atomic mass is 9.55. The zero-order valence-electron chi connectivity index (χ0n) is 13.7. The lowest BCUT2D eigenvalue weighted by Crippen LogP contribution is -2.62. The van der Waals surface area contributed by atoms with Crippen LogP contribution in [0.3, 0.4) is 0 Å². The van der Waals surface area contributed by atoms with Crippen LogP contribution in [0.4, 0.5) is 0 Å². The first-order valence-corrected chi connectivity index (χ1v) is 8.31. The summed E-state index contributed by atoms with van der Waals surface area (Å²) >= 11 is 0. The van der Waals surface area contributed by atoms with Gasteiger partial charge in [-0.25, -0.2) is 0 Å². The van der Waals surface area contributed by atoms with Crippen molar-refractivity contribution < 1.29 is 9.84 Å². The van der Waals surface area contributed by atoms with Gasteiger partial charge in [0.25, 0.3) is 0 Å². The van der Waals surface area contributed by atoms with Crippen LogP contribution in [-0.4, -0.2) is 41.8 Å². The zero-order valence-corrected chi connectivity index (χ0v) is 13.7. The van der Waals surface area contributed by atoms with Crippen LogP contribution < -0.4 is 4.74 Å². The second-order valence-electron chi connectivity index (χ2n) is 7.34. The molecule has 3 aliphatic rings.